The van der Waals surface area contributed by atoms with Gasteiger partial charge in [0.1, 0.15) is 6.61 Å². The van der Waals surface area contributed by atoms with Gasteiger partial charge in [-0.25, -0.2) is 4.98 Å². The number of fused-ring (bicyclic) bond motifs is 8. The van der Waals surface area contributed by atoms with E-state index in [1.165, 1.54) is 39.0 Å². The maximum absolute atomic E-state index is 12.1. The summed E-state index contributed by atoms with van der Waals surface area (Å²) in [5.41, 5.74) is 16.7. The minimum atomic E-state index is -0.411. The van der Waals surface area contributed by atoms with Gasteiger partial charge in [-0.15, -0.1) is 22.1 Å². The molecule has 5 heterocycles. The van der Waals surface area contributed by atoms with Crippen LogP contribution in [0.25, 0.3) is 33.2 Å². The summed E-state index contributed by atoms with van der Waals surface area (Å²) < 4.78 is 0. The van der Waals surface area contributed by atoms with Crippen molar-refractivity contribution in [3.63, 3.8) is 0 Å². The van der Waals surface area contributed by atoms with E-state index in [0.717, 1.165) is 70.5 Å². The number of aromatic nitrogens is 4. The van der Waals surface area contributed by atoms with E-state index in [-0.39, 0.29) is 34.1 Å². The van der Waals surface area contributed by atoms with Crippen molar-refractivity contribution in [1.29, 1.82) is 0 Å². The molecule has 0 fully saturated rings. The van der Waals surface area contributed by atoms with Gasteiger partial charge in [0.15, 0.2) is 5.78 Å². The second-order valence-electron chi connectivity index (χ2n) is 11.6. The summed E-state index contributed by atoms with van der Waals surface area (Å²) in [5, 5.41) is 9.39. The van der Waals surface area contributed by atoms with E-state index in [1.54, 1.807) is 0 Å². The van der Waals surface area contributed by atoms with Crippen molar-refractivity contribution in [3.05, 3.63) is 68.8 Å². The van der Waals surface area contributed by atoms with Crippen molar-refractivity contribution in [2.24, 2.45) is 0 Å². The number of rotatable bonds is 6. The van der Waals surface area contributed by atoms with Crippen LogP contribution in [0, 0.1) is 13.8 Å². The van der Waals surface area contributed by atoms with E-state index in [0.29, 0.717) is 12.8 Å². The number of allylic oxidation sites excluding steroid dienone is 2. The summed E-state index contributed by atoms with van der Waals surface area (Å²) >= 11 is 0. The first kappa shape index (κ1) is 29.5. The van der Waals surface area contributed by atoms with Crippen LogP contribution in [0.15, 0.2) is 18.2 Å². The molecule has 0 unspecified atom stereocenters. The van der Waals surface area contributed by atoms with Crippen molar-refractivity contribution < 1.29 is 26.4 Å². The molecule has 3 aromatic heterocycles. The quantitative estimate of drug-likeness (QED) is 0.332. The van der Waals surface area contributed by atoms with E-state index >= 15 is 0 Å². The molecule has 7 heteroatoms. The minimum absolute atomic E-state index is 0. The number of aliphatic hydroxyl groups excluding tert-OH is 1. The van der Waals surface area contributed by atoms with Crippen LogP contribution in [0.3, 0.4) is 0 Å². The summed E-state index contributed by atoms with van der Waals surface area (Å²) in [6, 6.07) is 6.47. The van der Waals surface area contributed by atoms with E-state index in [9.17, 15) is 9.90 Å². The number of aliphatic hydroxyl groups is 1. The molecule has 6 rings (SSSR count). The predicted molar refractivity (Wildman–Crippen MR) is 160 cm³/mol. The Balaban J connectivity index is 0.00000337. The standard InChI is InChI=1S/C34H38N4O2.Ni/c1-7-22-17(3)27-13-29-19(5)24(10-9-21(40)16-39)33(37-29)26-12-11-25-20(6)30(38-34(25)26)15-32-23(8-2)18(4)28(36-32)14-31(22)35-27;/h13-15,19,24,39H,7-12,16H2,1-6H3;/q-2;+2/t19-,24-;/m0./s1. The Labute approximate surface area is 252 Å². The molecule has 0 amide bonds. The molecule has 0 saturated heterocycles. The Hall–Kier alpha value is -3.02. The number of aryl methyl sites for hydroxylation is 5. The molecule has 0 radical (unpaired) electrons. The predicted octanol–water partition coefficient (Wildman–Crippen LogP) is 6.42. The van der Waals surface area contributed by atoms with Crippen LogP contribution >= 0.6 is 0 Å². The smallest absolute Gasteiger partial charge is 0.657 e. The van der Waals surface area contributed by atoms with Gasteiger partial charge in [-0.3, -0.25) is 9.78 Å². The fourth-order valence-electron chi connectivity index (χ4n) is 6.99. The minimum Gasteiger partial charge on any atom is -0.657 e. The van der Waals surface area contributed by atoms with Crippen LogP contribution in [0.1, 0.15) is 109 Å². The topological polar surface area (TPSA) is 91.3 Å². The van der Waals surface area contributed by atoms with E-state index < -0.39 is 6.61 Å². The zero-order valence-electron chi connectivity index (χ0n) is 24.8. The fourth-order valence-corrected chi connectivity index (χ4v) is 6.99. The molecule has 0 saturated carbocycles. The summed E-state index contributed by atoms with van der Waals surface area (Å²) in [6.45, 7) is 12.7. The molecule has 2 aliphatic heterocycles. The van der Waals surface area contributed by atoms with Crippen LogP contribution in [0.5, 0.6) is 0 Å². The Kier molecular flexibility index (Phi) is 8.15. The SMILES string of the molecule is CCC1=C(C)c2cc3[n-]c(cc4nc(c5c6[n-]c(cc1n2)c(C)c6CC5)[C@@H](CCC(=O)CO)[C@@H]4C)c(C)c3CC.[Ni+2]. The summed E-state index contributed by atoms with van der Waals surface area (Å²) in [7, 11) is 0. The van der Waals surface area contributed by atoms with Crippen LogP contribution < -0.4 is 9.97 Å². The largest absolute Gasteiger partial charge is 2.00 e. The number of Topliss-reactive ketones (excluding diaryl/α,β-unsaturated/α-hetero) is 1. The van der Waals surface area contributed by atoms with Gasteiger partial charge in [0.25, 0.3) is 0 Å². The third-order valence-electron chi connectivity index (χ3n) is 9.47. The maximum atomic E-state index is 12.1. The molecular formula is C34H38N4NiO2. The molecule has 1 N–H and O–H groups in total. The maximum Gasteiger partial charge on any atom is 2.00 e. The first-order chi connectivity index (χ1) is 19.2. The number of ketones is 1. The molecule has 6 nitrogen and oxygen atoms in total. The zero-order chi connectivity index (χ0) is 28.3. The zero-order valence-corrected chi connectivity index (χ0v) is 25.8. The van der Waals surface area contributed by atoms with Crippen molar-refractivity contribution in [2.45, 2.75) is 91.9 Å². The van der Waals surface area contributed by atoms with Gasteiger partial charge < -0.3 is 15.1 Å². The Morgan fingerprint density at radius 3 is 2.34 bits per heavy atom. The van der Waals surface area contributed by atoms with Gasteiger partial charge >= 0.3 is 16.5 Å². The summed E-state index contributed by atoms with van der Waals surface area (Å²) in [6.07, 6.45) is 4.67. The van der Waals surface area contributed by atoms with Crippen molar-refractivity contribution in [2.75, 3.05) is 6.61 Å². The molecule has 0 spiro atoms. The Morgan fingerprint density at radius 1 is 0.927 bits per heavy atom. The molecule has 41 heavy (non-hydrogen) atoms. The number of carbonyl (C=O) groups is 1. The summed E-state index contributed by atoms with van der Waals surface area (Å²) in [5.74, 6) is 0.115. The van der Waals surface area contributed by atoms with Crippen LogP contribution in [-0.2, 0) is 40.5 Å². The van der Waals surface area contributed by atoms with Gasteiger partial charge in [-0.05, 0) is 69.6 Å². The van der Waals surface area contributed by atoms with Crippen molar-refractivity contribution in [3.8, 4) is 0 Å². The van der Waals surface area contributed by atoms with Gasteiger partial charge in [0.2, 0.25) is 0 Å². The number of nitrogens with zero attached hydrogens (tertiary/aromatic N) is 4. The second-order valence-corrected chi connectivity index (χ2v) is 11.6. The molecule has 2 atom stereocenters. The van der Waals surface area contributed by atoms with Crippen molar-refractivity contribution >= 4 is 39.0 Å². The monoisotopic (exact) mass is 592 g/mol. The molecule has 8 bridgehead atoms. The molecular weight excluding hydrogens is 555 g/mol. The molecule has 1 aliphatic carbocycles. The molecule has 3 aliphatic rings. The number of hydrogen-bond donors (Lipinski definition) is 1. The molecule has 0 aromatic carbocycles. The first-order valence-corrected chi connectivity index (χ1v) is 14.7. The van der Waals surface area contributed by atoms with Crippen molar-refractivity contribution in [1.82, 2.24) is 19.9 Å². The fraction of sp³-hybridized carbons (Fsp3) is 0.441. The van der Waals surface area contributed by atoms with Gasteiger partial charge in [-0.2, -0.15) is 0 Å². The van der Waals surface area contributed by atoms with Gasteiger partial charge in [0, 0.05) is 29.6 Å². The van der Waals surface area contributed by atoms with Gasteiger partial charge in [0.05, 0.1) is 11.4 Å². The first-order valence-electron chi connectivity index (χ1n) is 14.7. The molecule has 216 valence electrons. The normalized spacial score (nSPS) is 17.7. The summed E-state index contributed by atoms with van der Waals surface area (Å²) in [4.78, 5) is 32.8. The average molecular weight is 593 g/mol. The number of carbonyl (C=O) groups excluding carboxylic acids is 1. The van der Waals surface area contributed by atoms with E-state index in [2.05, 4.69) is 59.7 Å². The van der Waals surface area contributed by atoms with Crippen LogP contribution in [0.2, 0.25) is 0 Å². The van der Waals surface area contributed by atoms with E-state index in [4.69, 9.17) is 19.9 Å². The van der Waals surface area contributed by atoms with E-state index in [1.807, 2.05) is 0 Å². The van der Waals surface area contributed by atoms with Crippen LogP contribution in [-0.4, -0.2) is 27.5 Å². The molecule has 3 aromatic rings. The van der Waals surface area contributed by atoms with Gasteiger partial charge in [-0.1, -0.05) is 61.2 Å². The van der Waals surface area contributed by atoms with Crippen LogP contribution in [0.4, 0.5) is 0 Å². The average Bonchev–Trinajstić information content (AvgIpc) is 3.70. The number of hydrogen-bond acceptors (Lipinski definition) is 4. The third kappa shape index (κ3) is 4.81. The Bertz CT molecular complexity index is 1740. The Morgan fingerprint density at radius 2 is 1.63 bits per heavy atom. The third-order valence-corrected chi connectivity index (χ3v) is 9.47. The second kappa shape index (κ2) is 11.3.